The Hall–Kier alpha value is -1.62. The minimum atomic E-state index is -0.639. The lowest BCUT2D eigenvalue weighted by Crippen LogP contribution is -2.60. The summed E-state index contributed by atoms with van der Waals surface area (Å²) in [6, 6.07) is 3.29. The van der Waals surface area contributed by atoms with Crippen molar-refractivity contribution in [2.24, 2.45) is 5.92 Å². The second-order valence-corrected chi connectivity index (χ2v) is 5.25. The molecule has 2 rings (SSSR count). The van der Waals surface area contributed by atoms with Crippen LogP contribution in [0.3, 0.4) is 0 Å². The van der Waals surface area contributed by atoms with Crippen LogP contribution in [0.4, 0.5) is 10.1 Å². The number of hydrogen-bond donors (Lipinski definition) is 1. The van der Waals surface area contributed by atoms with E-state index >= 15 is 0 Å². The summed E-state index contributed by atoms with van der Waals surface area (Å²) >= 11 is 5.81. The average molecular weight is 285 g/mol. The molecule has 1 aromatic rings. The van der Waals surface area contributed by atoms with Crippen LogP contribution in [0, 0.1) is 11.7 Å². The second kappa shape index (κ2) is 5.17. The Morgan fingerprint density at radius 2 is 2.11 bits per heavy atom. The lowest BCUT2D eigenvalue weighted by atomic mass is 10.0. The minimum absolute atomic E-state index is 0.0398. The highest BCUT2D eigenvalue weighted by molar-refractivity contribution is 6.31. The zero-order valence-corrected chi connectivity index (χ0v) is 11.4. The molecule has 1 heterocycles. The molecule has 1 atom stereocenters. The molecule has 0 aliphatic carbocycles. The molecule has 1 saturated heterocycles. The molecule has 0 bridgehead atoms. The van der Waals surface area contributed by atoms with Crippen molar-refractivity contribution < 1.29 is 14.0 Å². The first kappa shape index (κ1) is 13.8. The number of piperazine rings is 1. The minimum Gasteiger partial charge on any atom is -0.342 e. The highest BCUT2D eigenvalue weighted by atomic mass is 35.5. The number of halogens is 2. The first-order valence-electron chi connectivity index (χ1n) is 5.96. The van der Waals surface area contributed by atoms with Crippen LogP contribution < -0.4 is 10.2 Å². The lowest BCUT2D eigenvalue weighted by molar-refractivity contribution is -0.132. The van der Waals surface area contributed by atoms with E-state index in [2.05, 4.69) is 5.32 Å². The van der Waals surface area contributed by atoms with Crippen LogP contribution in [-0.2, 0) is 9.59 Å². The number of nitrogens with one attached hydrogen (secondary N) is 1. The van der Waals surface area contributed by atoms with Gasteiger partial charge in [0.25, 0.3) is 0 Å². The topological polar surface area (TPSA) is 49.4 Å². The summed E-state index contributed by atoms with van der Waals surface area (Å²) in [6.45, 7) is 3.45. The molecule has 19 heavy (non-hydrogen) atoms. The molecule has 0 radical (unpaired) electrons. The van der Waals surface area contributed by atoms with Gasteiger partial charge in [0.1, 0.15) is 18.4 Å². The van der Waals surface area contributed by atoms with Gasteiger partial charge in [0.05, 0.1) is 5.69 Å². The Morgan fingerprint density at radius 3 is 2.74 bits per heavy atom. The maximum atomic E-state index is 13.8. The van der Waals surface area contributed by atoms with Crippen molar-refractivity contribution in [2.45, 2.75) is 19.9 Å². The quantitative estimate of drug-likeness (QED) is 0.903. The predicted molar refractivity (Wildman–Crippen MR) is 70.5 cm³/mol. The fourth-order valence-corrected chi connectivity index (χ4v) is 2.18. The fraction of sp³-hybridized carbons (Fsp3) is 0.385. The average Bonchev–Trinajstić information content (AvgIpc) is 2.34. The van der Waals surface area contributed by atoms with Crippen molar-refractivity contribution in [3.8, 4) is 0 Å². The van der Waals surface area contributed by atoms with Crippen LogP contribution in [0.15, 0.2) is 18.2 Å². The van der Waals surface area contributed by atoms with Crippen LogP contribution in [0.1, 0.15) is 13.8 Å². The van der Waals surface area contributed by atoms with Gasteiger partial charge in [-0.05, 0) is 24.1 Å². The van der Waals surface area contributed by atoms with E-state index < -0.39 is 11.9 Å². The normalized spacial score (nSPS) is 19.8. The number of carbonyl (C=O) groups excluding carboxylic acids is 2. The van der Waals surface area contributed by atoms with Crippen molar-refractivity contribution in [1.29, 1.82) is 0 Å². The maximum absolute atomic E-state index is 13.8. The molecule has 102 valence electrons. The molecule has 0 aromatic heterocycles. The van der Waals surface area contributed by atoms with Crippen molar-refractivity contribution in [1.82, 2.24) is 5.32 Å². The Morgan fingerprint density at radius 1 is 1.42 bits per heavy atom. The van der Waals surface area contributed by atoms with Crippen molar-refractivity contribution in [3.05, 3.63) is 29.0 Å². The SMILES string of the molecule is CC(C)C1NC(=O)CN(c2cc(Cl)ccc2F)C1=O. The van der Waals surface area contributed by atoms with E-state index in [-0.39, 0.29) is 30.0 Å². The van der Waals surface area contributed by atoms with Gasteiger partial charge in [-0.25, -0.2) is 4.39 Å². The van der Waals surface area contributed by atoms with Crippen LogP contribution in [0.25, 0.3) is 0 Å². The van der Waals surface area contributed by atoms with Crippen LogP contribution in [0.5, 0.6) is 0 Å². The van der Waals surface area contributed by atoms with Crippen LogP contribution >= 0.6 is 11.6 Å². The highest BCUT2D eigenvalue weighted by Gasteiger charge is 2.36. The standard InChI is InChI=1S/C13H14ClFN2O2/c1-7(2)12-13(19)17(6-11(18)16-12)10-5-8(14)3-4-9(10)15/h3-5,7,12H,6H2,1-2H3,(H,16,18). The molecule has 1 N–H and O–H groups in total. The fourth-order valence-electron chi connectivity index (χ4n) is 2.02. The first-order chi connectivity index (χ1) is 8.90. The highest BCUT2D eigenvalue weighted by Crippen LogP contribution is 2.26. The van der Waals surface area contributed by atoms with Crippen LogP contribution in [-0.4, -0.2) is 24.4 Å². The number of anilines is 1. The van der Waals surface area contributed by atoms with Crippen LogP contribution in [0.2, 0.25) is 5.02 Å². The third-order valence-electron chi connectivity index (χ3n) is 3.02. The molecule has 0 saturated carbocycles. The number of rotatable bonds is 2. The molecule has 2 amide bonds. The molecule has 1 aromatic carbocycles. The Kier molecular flexibility index (Phi) is 3.75. The van der Waals surface area contributed by atoms with Crippen molar-refractivity contribution >= 4 is 29.1 Å². The van der Waals surface area contributed by atoms with Gasteiger partial charge in [0, 0.05) is 5.02 Å². The second-order valence-electron chi connectivity index (χ2n) is 4.81. The summed E-state index contributed by atoms with van der Waals surface area (Å²) in [5.41, 5.74) is 0.0398. The Bertz CT molecular complexity index is 533. The van der Waals surface area contributed by atoms with E-state index in [9.17, 15) is 14.0 Å². The first-order valence-corrected chi connectivity index (χ1v) is 6.33. The van der Waals surface area contributed by atoms with Gasteiger partial charge in [-0.3, -0.25) is 14.5 Å². The zero-order valence-electron chi connectivity index (χ0n) is 10.6. The third-order valence-corrected chi connectivity index (χ3v) is 3.25. The van der Waals surface area contributed by atoms with E-state index in [1.165, 1.54) is 18.2 Å². The molecule has 6 heteroatoms. The van der Waals surface area contributed by atoms with Crippen molar-refractivity contribution in [2.75, 3.05) is 11.4 Å². The predicted octanol–water partition coefficient (Wildman–Crippen LogP) is 1.97. The van der Waals surface area contributed by atoms with E-state index in [1.54, 1.807) is 0 Å². The monoisotopic (exact) mass is 284 g/mol. The van der Waals surface area contributed by atoms with Gasteiger partial charge in [-0.15, -0.1) is 0 Å². The van der Waals surface area contributed by atoms with Gasteiger partial charge >= 0.3 is 0 Å². The van der Waals surface area contributed by atoms with Gasteiger partial charge in [-0.1, -0.05) is 25.4 Å². The van der Waals surface area contributed by atoms with E-state index in [1.807, 2.05) is 13.8 Å². The zero-order chi connectivity index (χ0) is 14.2. The Labute approximate surface area is 115 Å². The summed E-state index contributed by atoms with van der Waals surface area (Å²) in [5, 5.41) is 2.93. The van der Waals surface area contributed by atoms with Gasteiger partial charge in [-0.2, -0.15) is 0 Å². The third kappa shape index (κ3) is 2.71. The molecular weight excluding hydrogens is 271 g/mol. The lowest BCUT2D eigenvalue weighted by Gasteiger charge is -2.34. The largest absolute Gasteiger partial charge is 0.342 e. The van der Waals surface area contributed by atoms with Crippen molar-refractivity contribution in [3.63, 3.8) is 0 Å². The number of amides is 2. The Balaban J connectivity index is 2.40. The number of nitrogens with zero attached hydrogens (tertiary/aromatic N) is 1. The van der Waals surface area contributed by atoms with E-state index in [0.717, 1.165) is 4.90 Å². The smallest absolute Gasteiger partial charge is 0.250 e. The van der Waals surface area contributed by atoms with E-state index in [4.69, 9.17) is 11.6 Å². The molecular formula is C13H14ClFN2O2. The number of benzene rings is 1. The summed E-state index contributed by atoms with van der Waals surface area (Å²) < 4.78 is 13.8. The molecule has 1 fully saturated rings. The molecule has 1 unspecified atom stereocenters. The summed E-state index contributed by atoms with van der Waals surface area (Å²) in [7, 11) is 0. The number of hydrogen-bond acceptors (Lipinski definition) is 2. The molecule has 1 aliphatic heterocycles. The number of carbonyl (C=O) groups is 2. The van der Waals surface area contributed by atoms with Gasteiger partial charge in [0.2, 0.25) is 11.8 Å². The molecule has 4 nitrogen and oxygen atoms in total. The summed E-state index contributed by atoms with van der Waals surface area (Å²) in [6.07, 6.45) is 0. The maximum Gasteiger partial charge on any atom is 0.250 e. The molecule has 1 aliphatic rings. The van der Waals surface area contributed by atoms with Gasteiger partial charge < -0.3 is 5.32 Å². The molecule has 0 spiro atoms. The van der Waals surface area contributed by atoms with E-state index in [0.29, 0.717) is 5.02 Å². The summed E-state index contributed by atoms with van der Waals surface area (Å²) in [5.74, 6) is -1.27. The summed E-state index contributed by atoms with van der Waals surface area (Å²) in [4.78, 5) is 25.1. The van der Waals surface area contributed by atoms with Gasteiger partial charge in [0.15, 0.2) is 0 Å².